The van der Waals surface area contributed by atoms with Crippen molar-refractivity contribution in [1.82, 2.24) is 0 Å². The first-order valence-electron chi connectivity index (χ1n) is 9.76. The highest BCUT2D eigenvalue weighted by Gasteiger charge is 2.32. The SMILES string of the molecule is COc1cccc(C(=O)Nc2ccc3c(c2)N(Cc2ccc(Cl)cc2)C(=O)C(C)O3)c1. The predicted molar refractivity (Wildman–Crippen MR) is 120 cm³/mol. The lowest BCUT2D eigenvalue weighted by molar-refractivity contribution is -0.125. The number of nitrogens with one attached hydrogen (secondary N) is 1. The number of carbonyl (C=O) groups excluding carboxylic acids is 2. The third-order valence-corrected chi connectivity index (χ3v) is 5.26. The fraction of sp³-hybridized carbons (Fsp3) is 0.167. The lowest BCUT2D eigenvalue weighted by Gasteiger charge is -2.33. The molecule has 0 fully saturated rings. The zero-order valence-corrected chi connectivity index (χ0v) is 17.8. The van der Waals surface area contributed by atoms with E-state index in [0.717, 1.165) is 5.56 Å². The van der Waals surface area contributed by atoms with Crippen molar-refractivity contribution in [2.75, 3.05) is 17.3 Å². The molecule has 1 heterocycles. The van der Waals surface area contributed by atoms with Gasteiger partial charge in [-0.05, 0) is 61.0 Å². The van der Waals surface area contributed by atoms with E-state index in [1.165, 1.54) is 0 Å². The number of fused-ring (bicyclic) bond motifs is 1. The second kappa shape index (κ2) is 8.70. The van der Waals surface area contributed by atoms with E-state index >= 15 is 0 Å². The summed E-state index contributed by atoms with van der Waals surface area (Å²) in [5.41, 5.74) is 2.56. The third-order valence-electron chi connectivity index (χ3n) is 5.01. The van der Waals surface area contributed by atoms with Gasteiger partial charge in [-0.25, -0.2) is 0 Å². The molecule has 1 unspecified atom stereocenters. The Hall–Kier alpha value is -3.51. The minimum Gasteiger partial charge on any atom is -0.497 e. The fourth-order valence-corrected chi connectivity index (χ4v) is 3.51. The summed E-state index contributed by atoms with van der Waals surface area (Å²) in [5, 5.41) is 3.50. The van der Waals surface area contributed by atoms with Gasteiger partial charge < -0.3 is 19.7 Å². The van der Waals surface area contributed by atoms with E-state index in [0.29, 0.717) is 40.0 Å². The van der Waals surface area contributed by atoms with Gasteiger partial charge in [0.25, 0.3) is 11.8 Å². The topological polar surface area (TPSA) is 67.9 Å². The molecule has 0 spiro atoms. The first kappa shape index (κ1) is 20.8. The number of rotatable bonds is 5. The molecule has 1 N–H and O–H groups in total. The van der Waals surface area contributed by atoms with Crippen LogP contribution in [0, 0.1) is 0 Å². The second-order valence-electron chi connectivity index (χ2n) is 7.18. The average Bonchev–Trinajstić information content (AvgIpc) is 2.78. The molecule has 6 nitrogen and oxygen atoms in total. The van der Waals surface area contributed by atoms with E-state index in [4.69, 9.17) is 21.1 Å². The van der Waals surface area contributed by atoms with E-state index in [1.807, 2.05) is 12.1 Å². The van der Waals surface area contributed by atoms with Crippen LogP contribution in [0.25, 0.3) is 0 Å². The smallest absolute Gasteiger partial charge is 0.268 e. The summed E-state index contributed by atoms with van der Waals surface area (Å²) < 4.78 is 10.9. The minimum atomic E-state index is -0.600. The molecule has 4 rings (SSSR count). The van der Waals surface area contributed by atoms with Gasteiger partial charge in [-0.2, -0.15) is 0 Å². The van der Waals surface area contributed by atoms with Crippen molar-refractivity contribution in [3.63, 3.8) is 0 Å². The van der Waals surface area contributed by atoms with Gasteiger partial charge in [0, 0.05) is 16.3 Å². The number of nitrogens with zero attached hydrogens (tertiary/aromatic N) is 1. The van der Waals surface area contributed by atoms with Crippen LogP contribution in [0.4, 0.5) is 11.4 Å². The highest BCUT2D eigenvalue weighted by Crippen LogP contribution is 2.37. The molecule has 0 radical (unpaired) electrons. The van der Waals surface area contributed by atoms with Crippen LogP contribution < -0.4 is 19.7 Å². The maximum Gasteiger partial charge on any atom is 0.268 e. The molecule has 0 aromatic heterocycles. The van der Waals surface area contributed by atoms with Gasteiger partial charge >= 0.3 is 0 Å². The molecule has 1 aliphatic heterocycles. The Morgan fingerprint density at radius 3 is 2.65 bits per heavy atom. The lowest BCUT2D eigenvalue weighted by Crippen LogP contribution is -2.44. The number of anilines is 2. The van der Waals surface area contributed by atoms with E-state index in [-0.39, 0.29) is 11.8 Å². The summed E-state index contributed by atoms with van der Waals surface area (Å²) in [6.45, 7) is 2.09. The van der Waals surface area contributed by atoms with Crippen molar-refractivity contribution in [3.8, 4) is 11.5 Å². The Morgan fingerprint density at radius 1 is 1.13 bits per heavy atom. The molecule has 2 amide bonds. The monoisotopic (exact) mass is 436 g/mol. The van der Waals surface area contributed by atoms with Gasteiger partial charge in [-0.15, -0.1) is 0 Å². The molecule has 0 saturated carbocycles. The van der Waals surface area contributed by atoms with Crippen molar-refractivity contribution in [3.05, 3.63) is 82.9 Å². The van der Waals surface area contributed by atoms with Crippen molar-refractivity contribution in [1.29, 1.82) is 0 Å². The molecule has 1 aliphatic rings. The molecule has 158 valence electrons. The van der Waals surface area contributed by atoms with Crippen LogP contribution in [0.15, 0.2) is 66.7 Å². The number of ether oxygens (including phenoxy) is 2. The highest BCUT2D eigenvalue weighted by atomic mass is 35.5. The van der Waals surface area contributed by atoms with E-state index < -0.39 is 6.10 Å². The van der Waals surface area contributed by atoms with Gasteiger partial charge in [-0.3, -0.25) is 9.59 Å². The van der Waals surface area contributed by atoms with Gasteiger partial charge in [0.1, 0.15) is 11.5 Å². The molecular formula is C24H21ClN2O4. The van der Waals surface area contributed by atoms with Crippen molar-refractivity contribution in [2.24, 2.45) is 0 Å². The van der Waals surface area contributed by atoms with Gasteiger partial charge in [0.15, 0.2) is 6.10 Å². The standard InChI is InChI=1S/C24H21ClN2O4/c1-15-24(29)27(14-16-6-8-18(25)9-7-16)21-13-19(10-11-22(21)31-15)26-23(28)17-4-3-5-20(12-17)30-2/h3-13,15H,14H2,1-2H3,(H,26,28). The molecule has 1 atom stereocenters. The second-order valence-corrected chi connectivity index (χ2v) is 7.62. The number of amides is 2. The predicted octanol–water partition coefficient (Wildman–Crippen LogP) is 4.92. The molecule has 0 bridgehead atoms. The number of hydrogen-bond donors (Lipinski definition) is 1. The Bertz CT molecular complexity index is 1130. The molecular weight excluding hydrogens is 416 g/mol. The van der Waals surface area contributed by atoms with Crippen molar-refractivity contribution >= 4 is 34.8 Å². The third kappa shape index (κ3) is 4.49. The normalized spacial score (nSPS) is 15.1. The number of benzene rings is 3. The maximum atomic E-state index is 12.9. The van der Waals surface area contributed by atoms with Crippen LogP contribution in [0.5, 0.6) is 11.5 Å². The van der Waals surface area contributed by atoms with E-state index in [1.54, 1.807) is 73.5 Å². The molecule has 3 aromatic rings. The van der Waals surface area contributed by atoms with Crippen LogP contribution in [-0.2, 0) is 11.3 Å². The Labute approximate surface area is 185 Å². The van der Waals surface area contributed by atoms with Crippen LogP contribution in [0.3, 0.4) is 0 Å². The summed E-state index contributed by atoms with van der Waals surface area (Å²) >= 11 is 5.98. The molecule has 0 saturated heterocycles. The summed E-state index contributed by atoms with van der Waals surface area (Å²) in [5.74, 6) is 0.749. The number of halogens is 1. The maximum absolute atomic E-state index is 12.9. The number of carbonyl (C=O) groups is 2. The summed E-state index contributed by atoms with van der Waals surface area (Å²) in [6.07, 6.45) is -0.600. The van der Waals surface area contributed by atoms with E-state index in [9.17, 15) is 9.59 Å². The van der Waals surface area contributed by atoms with Crippen LogP contribution in [0.1, 0.15) is 22.8 Å². The summed E-state index contributed by atoms with van der Waals surface area (Å²) in [6, 6.07) is 19.5. The summed E-state index contributed by atoms with van der Waals surface area (Å²) in [4.78, 5) is 27.2. The van der Waals surface area contributed by atoms with Crippen molar-refractivity contribution in [2.45, 2.75) is 19.6 Å². The van der Waals surface area contributed by atoms with Gasteiger partial charge in [-0.1, -0.05) is 29.8 Å². The van der Waals surface area contributed by atoms with Crippen molar-refractivity contribution < 1.29 is 19.1 Å². The number of methoxy groups -OCH3 is 1. The Balaban J connectivity index is 1.61. The first-order chi connectivity index (χ1) is 14.9. The van der Waals surface area contributed by atoms with Gasteiger partial charge in [0.2, 0.25) is 0 Å². The van der Waals surface area contributed by atoms with Crippen LogP contribution >= 0.6 is 11.6 Å². The molecule has 0 aliphatic carbocycles. The zero-order valence-electron chi connectivity index (χ0n) is 17.1. The van der Waals surface area contributed by atoms with Crippen LogP contribution in [-0.4, -0.2) is 25.0 Å². The fourth-order valence-electron chi connectivity index (χ4n) is 3.39. The summed E-state index contributed by atoms with van der Waals surface area (Å²) in [7, 11) is 1.55. The van der Waals surface area contributed by atoms with E-state index in [2.05, 4.69) is 5.32 Å². The highest BCUT2D eigenvalue weighted by molar-refractivity contribution is 6.30. The van der Waals surface area contributed by atoms with Gasteiger partial charge in [0.05, 0.1) is 19.3 Å². The van der Waals surface area contributed by atoms with Crippen LogP contribution in [0.2, 0.25) is 5.02 Å². The largest absolute Gasteiger partial charge is 0.497 e. The molecule has 31 heavy (non-hydrogen) atoms. The minimum absolute atomic E-state index is 0.154. The Morgan fingerprint density at radius 2 is 1.90 bits per heavy atom. The zero-order chi connectivity index (χ0) is 22.0. The quantitative estimate of drug-likeness (QED) is 0.616. The Kier molecular flexibility index (Phi) is 5.82. The number of hydrogen-bond acceptors (Lipinski definition) is 4. The lowest BCUT2D eigenvalue weighted by atomic mass is 10.1. The molecule has 7 heteroatoms. The molecule has 3 aromatic carbocycles. The average molecular weight is 437 g/mol. The first-order valence-corrected chi connectivity index (χ1v) is 10.1.